The largest absolute Gasteiger partial charge is 0.344 e. The lowest BCUT2D eigenvalue weighted by atomic mass is 9.77. The van der Waals surface area contributed by atoms with Gasteiger partial charge in [-0.3, -0.25) is 9.69 Å². The lowest BCUT2D eigenvalue weighted by Crippen LogP contribution is -2.65. The number of benzene rings is 1. The number of para-hydroxylation sites is 2. The molecule has 1 atom stereocenters. The van der Waals surface area contributed by atoms with Crippen LogP contribution in [0.3, 0.4) is 0 Å². The molecule has 4 fully saturated rings. The molecule has 23 heavy (non-hydrogen) atoms. The number of nitrogens with one attached hydrogen (secondary N) is 1. The Morgan fingerprint density at radius 1 is 1.26 bits per heavy atom. The van der Waals surface area contributed by atoms with E-state index in [2.05, 4.69) is 15.2 Å². The molecule has 1 amide bonds. The molecule has 1 aliphatic carbocycles. The average molecular weight is 310 g/mol. The zero-order chi connectivity index (χ0) is 15.6. The Morgan fingerprint density at radius 2 is 2.00 bits per heavy atom. The highest BCUT2D eigenvalue weighted by Crippen LogP contribution is 2.53. The highest BCUT2D eigenvalue weighted by atomic mass is 16.2. The minimum Gasteiger partial charge on any atom is -0.344 e. The number of fused-ring (bicyclic) bond motifs is 3. The van der Waals surface area contributed by atoms with Gasteiger partial charge in [0, 0.05) is 12.6 Å². The van der Waals surface area contributed by atoms with Gasteiger partial charge in [-0.2, -0.15) is 0 Å². The fourth-order valence-electron chi connectivity index (χ4n) is 4.88. The first kappa shape index (κ1) is 13.5. The van der Waals surface area contributed by atoms with Crippen LogP contribution in [-0.2, 0) is 7.05 Å². The van der Waals surface area contributed by atoms with Crippen LogP contribution in [0.1, 0.15) is 36.3 Å². The first-order valence-electron chi connectivity index (χ1n) is 8.66. The van der Waals surface area contributed by atoms with Crippen LogP contribution in [0.5, 0.6) is 0 Å². The molecule has 5 heteroatoms. The molecular formula is C18H22N4O. The number of carbonyl (C=O) groups excluding carboxylic acids is 1. The Balaban J connectivity index is 1.46. The quantitative estimate of drug-likeness (QED) is 0.922. The van der Waals surface area contributed by atoms with Crippen molar-refractivity contribution < 1.29 is 4.79 Å². The summed E-state index contributed by atoms with van der Waals surface area (Å²) < 4.78 is 1.91. The molecule has 2 bridgehead atoms. The van der Waals surface area contributed by atoms with Gasteiger partial charge in [-0.15, -0.1) is 0 Å². The maximum Gasteiger partial charge on any atom is 0.287 e. The van der Waals surface area contributed by atoms with E-state index in [1.54, 1.807) is 0 Å². The molecule has 3 aliphatic heterocycles. The van der Waals surface area contributed by atoms with Gasteiger partial charge in [-0.1, -0.05) is 12.1 Å². The molecule has 3 saturated heterocycles. The fraction of sp³-hybridized carbons (Fsp3) is 0.556. The van der Waals surface area contributed by atoms with Gasteiger partial charge in [-0.25, -0.2) is 4.98 Å². The number of imidazole rings is 1. The van der Waals surface area contributed by atoms with Crippen LogP contribution in [0.4, 0.5) is 0 Å². The van der Waals surface area contributed by atoms with Crippen molar-refractivity contribution in [3.8, 4) is 0 Å². The van der Waals surface area contributed by atoms with Crippen LogP contribution in [0.2, 0.25) is 0 Å². The third-order valence-electron chi connectivity index (χ3n) is 6.26. The van der Waals surface area contributed by atoms with Crippen LogP contribution < -0.4 is 5.32 Å². The molecule has 5 nitrogen and oxygen atoms in total. The molecule has 2 aromatic rings. The number of nitrogens with zero attached hydrogens (tertiary/aromatic N) is 3. The summed E-state index contributed by atoms with van der Waals surface area (Å²) in [5, 5.41) is 3.36. The van der Waals surface area contributed by atoms with E-state index in [1.807, 2.05) is 35.9 Å². The first-order valence-corrected chi connectivity index (χ1v) is 8.66. The maximum absolute atomic E-state index is 12.9. The number of aryl methyl sites for hydroxylation is 1. The van der Waals surface area contributed by atoms with E-state index in [1.165, 1.54) is 38.8 Å². The fourth-order valence-corrected chi connectivity index (χ4v) is 4.88. The number of rotatable bonds is 2. The van der Waals surface area contributed by atoms with E-state index in [4.69, 9.17) is 0 Å². The third kappa shape index (κ3) is 1.83. The topological polar surface area (TPSA) is 50.2 Å². The molecule has 1 aromatic carbocycles. The number of aromatic nitrogens is 2. The summed E-state index contributed by atoms with van der Waals surface area (Å²) in [6.07, 6.45) is 4.90. The van der Waals surface area contributed by atoms with Crippen molar-refractivity contribution in [2.45, 2.75) is 37.3 Å². The van der Waals surface area contributed by atoms with Crippen LogP contribution in [0.25, 0.3) is 11.0 Å². The van der Waals surface area contributed by atoms with Crippen molar-refractivity contribution in [1.82, 2.24) is 19.8 Å². The summed E-state index contributed by atoms with van der Waals surface area (Å²) >= 11 is 0. The molecule has 0 radical (unpaired) electrons. The lowest BCUT2D eigenvalue weighted by Gasteiger charge is -2.52. The molecule has 4 aliphatic rings. The Bertz CT molecular complexity index is 783. The van der Waals surface area contributed by atoms with E-state index >= 15 is 0 Å². The molecule has 1 unspecified atom stereocenters. The Hall–Kier alpha value is -1.88. The van der Waals surface area contributed by atoms with Crippen molar-refractivity contribution in [3.05, 3.63) is 30.1 Å². The van der Waals surface area contributed by atoms with E-state index in [0.717, 1.165) is 11.0 Å². The van der Waals surface area contributed by atoms with Crippen LogP contribution in [0.15, 0.2) is 24.3 Å². The smallest absolute Gasteiger partial charge is 0.287 e. The van der Waals surface area contributed by atoms with Crippen molar-refractivity contribution in [1.29, 1.82) is 0 Å². The summed E-state index contributed by atoms with van der Waals surface area (Å²) in [5.74, 6) is 1.15. The molecule has 1 N–H and O–H groups in total. The van der Waals surface area contributed by atoms with Gasteiger partial charge in [0.05, 0.1) is 17.1 Å². The predicted octanol–water partition coefficient (Wildman–Crippen LogP) is 1.93. The van der Waals surface area contributed by atoms with Gasteiger partial charge in [-0.05, 0) is 56.8 Å². The Labute approximate surface area is 135 Å². The van der Waals surface area contributed by atoms with Gasteiger partial charge < -0.3 is 9.88 Å². The normalized spacial score (nSPS) is 30.7. The maximum atomic E-state index is 12.9. The van der Waals surface area contributed by atoms with Gasteiger partial charge in [0.25, 0.3) is 5.91 Å². The number of carbonyl (C=O) groups is 1. The monoisotopic (exact) mass is 310 g/mol. The number of hydrogen-bond acceptors (Lipinski definition) is 3. The van der Waals surface area contributed by atoms with Gasteiger partial charge in [0.1, 0.15) is 0 Å². The molecule has 4 heterocycles. The van der Waals surface area contributed by atoms with Gasteiger partial charge in [0.2, 0.25) is 0 Å². The second-order valence-electron chi connectivity index (χ2n) is 7.36. The minimum absolute atomic E-state index is 0.0197. The van der Waals surface area contributed by atoms with Crippen LogP contribution in [-0.4, -0.2) is 45.0 Å². The summed E-state index contributed by atoms with van der Waals surface area (Å²) in [4.78, 5) is 20.0. The van der Waals surface area contributed by atoms with Crippen LogP contribution in [0, 0.1) is 5.92 Å². The van der Waals surface area contributed by atoms with E-state index in [9.17, 15) is 4.79 Å². The molecule has 6 rings (SSSR count). The van der Waals surface area contributed by atoms with E-state index < -0.39 is 0 Å². The predicted molar refractivity (Wildman–Crippen MR) is 88.2 cm³/mol. The van der Waals surface area contributed by atoms with Gasteiger partial charge >= 0.3 is 0 Å². The van der Waals surface area contributed by atoms with Gasteiger partial charge in [0.15, 0.2) is 5.82 Å². The highest BCUT2D eigenvalue weighted by Gasteiger charge is 2.60. The van der Waals surface area contributed by atoms with E-state index in [-0.39, 0.29) is 11.4 Å². The van der Waals surface area contributed by atoms with Crippen molar-refractivity contribution in [2.75, 3.05) is 13.1 Å². The summed E-state index contributed by atoms with van der Waals surface area (Å²) in [5.41, 5.74) is 2.16. The molecular weight excluding hydrogens is 288 g/mol. The first-order chi connectivity index (χ1) is 11.2. The molecule has 1 saturated carbocycles. The Morgan fingerprint density at radius 3 is 2.70 bits per heavy atom. The number of hydrogen-bond donors (Lipinski definition) is 1. The van der Waals surface area contributed by atoms with Crippen molar-refractivity contribution in [2.24, 2.45) is 13.0 Å². The third-order valence-corrected chi connectivity index (χ3v) is 6.26. The van der Waals surface area contributed by atoms with Crippen molar-refractivity contribution in [3.63, 3.8) is 0 Å². The molecule has 1 aromatic heterocycles. The zero-order valence-corrected chi connectivity index (χ0v) is 13.5. The highest BCUT2D eigenvalue weighted by molar-refractivity contribution is 5.95. The van der Waals surface area contributed by atoms with Crippen molar-refractivity contribution >= 4 is 16.9 Å². The average Bonchev–Trinajstić information content (AvgIpc) is 3.29. The standard InChI is InChI=1S/C18H22N4O/c1-21-14-5-3-2-4-13(14)19-16(21)17(23)20-15-12-6-10-22(11-7-12)18(15)8-9-18/h2-5,12,15H,6-11H2,1H3,(H,20,23). The van der Waals surface area contributed by atoms with E-state index in [0.29, 0.717) is 17.8 Å². The SMILES string of the molecule is Cn1c(C(=O)NC2C3CCN(CC3)C23CC3)nc2ccccc21. The summed E-state index contributed by atoms with van der Waals surface area (Å²) in [6, 6.07) is 8.22. The Kier molecular flexibility index (Phi) is 2.69. The van der Waals surface area contributed by atoms with Crippen LogP contribution >= 0.6 is 0 Å². The lowest BCUT2D eigenvalue weighted by molar-refractivity contribution is -0.00165. The second kappa shape index (κ2) is 4.57. The summed E-state index contributed by atoms with van der Waals surface area (Å²) in [7, 11) is 1.92. The number of piperidine rings is 3. The molecule has 120 valence electrons. The zero-order valence-electron chi connectivity index (χ0n) is 13.5. The summed E-state index contributed by atoms with van der Waals surface area (Å²) in [6.45, 7) is 2.42. The molecule has 1 spiro atoms. The minimum atomic E-state index is -0.0197. The second-order valence-corrected chi connectivity index (χ2v) is 7.36. The number of amides is 1.